The molecule has 2 aromatic carbocycles. The third-order valence-corrected chi connectivity index (χ3v) is 5.94. The normalized spacial score (nSPS) is 11.5. The van der Waals surface area contributed by atoms with Gasteiger partial charge in [0.2, 0.25) is 0 Å². The van der Waals surface area contributed by atoms with Gasteiger partial charge in [-0.15, -0.1) is 0 Å². The van der Waals surface area contributed by atoms with E-state index in [1.165, 1.54) is 37.3 Å². The van der Waals surface area contributed by atoms with E-state index in [0.29, 0.717) is 12.0 Å². The summed E-state index contributed by atoms with van der Waals surface area (Å²) in [6, 6.07) is 9.53. The molecule has 0 radical (unpaired) electrons. The summed E-state index contributed by atoms with van der Waals surface area (Å²) in [6.45, 7) is 4.35. The van der Waals surface area contributed by atoms with E-state index in [2.05, 4.69) is 26.0 Å². The van der Waals surface area contributed by atoms with Crippen LogP contribution in [0.25, 0.3) is 10.8 Å². The first kappa shape index (κ1) is 25.3. The van der Waals surface area contributed by atoms with Gasteiger partial charge in [0.1, 0.15) is 10.1 Å². The van der Waals surface area contributed by atoms with Crippen molar-refractivity contribution in [2.75, 3.05) is 0 Å². The number of rotatable bonds is 11. The van der Waals surface area contributed by atoms with Gasteiger partial charge in [0.15, 0.2) is 0 Å². The standard InChI is InChI=1S/C22H32O3S.K/c1-3-5-7-9-11-18-13-15-20-19(17-18)14-16-22(26(23,24)25)21(20)12-10-8-6-4-2;/h13-17H,3-12H2,1-2H3,(H,23,24,25);/q;+1/p-1. The molecule has 2 rings (SSSR count). The maximum atomic E-state index is 11.7. The maximum absolute atomic E-state index is 11.7. The summed E-state index contributed by atoms with van der Waals surface area (Å²) in [4.78, 5) is -0.0443. The van der Waals surface area contributed by atoms with Crippen molar-refractivity contribution in [3.05, 3.63) is 41.5 Å². The zero-order chi connectivity index (χ0) is 19.0. The van der Waals surface area contributed by atoms with E-state index >= 15 is 0 Å². The molecular weight excluding hydrogens is 383 g/mol. The molecule has 0 amide bonds. The van der Waals surface area contributed by atoms with E-state index in [1.54, 1.807) is 6.07 Å². The first-order valence-corrected chi connectivity index (χ1v) is 11.4. The largest absolute Gasteiger partial charge is 1.00 e. The van der Waals surface area contributed by atoms with E-state index in [0.717, 1.165) is 42.9 Å². The molecule has 0 saturated heterocycles. The van der Waals surface area contributed by atoms with Crippen molar-refractivity contribution in [2.45, 2.75) is 83.0 Å². The Hall–Kier alpha value is 0.246. The van der Waals surface area contributed by atoms with Gasteiger partial charge in [-0.1, -0.05) is 76.6 Å². The topological polar surface area (TPSA) is 57.2 Å². The molecule has 0 bridgehead atoms. The van der Waals surface area contributed by atoms with Crippen molar-refractivity contribution in [1.29, 1.82) is 0 Å². The fourth-order valence-electron chi connectivity index (χ4n) is 3.56. The molecule has 2 aromatic rings. The summed E-state index contributed by atoms with van der Waals surface area (Å²) in [6.07, 6.45) is 10.8. The minimum atomic E-state index is -4.45. The predicted molar refractivity (Wildman–Crippen MR) is 108 cm³/mol. The van der Waals surface area contributed by atoms with Gasteiger partial charge in [0.25, 0.3) is 0 Å². The Morgan fingerprint density at radius 3 is 2.04 bits per heavy atom. The number of hydrogen-bond acceptors (Lipinski definition) is 3. The fourth-order valence-corrected chi connectivity index (χ4v) is 4.30. The summed E-state index contributed by atoms with van der Waals surface area (Å²) >= 11 is 0. The molecule has 3 nitrogen and oxygen atoms in total. The van der Waals surface area contributed by atoms with Gasteiger partial charge in [-0.25, -0.2) is 8.42 Å². The molecule has 0 fully saturated rings. The molecule has 0 heterocycles. The first-order valence-electron chi connectivity index (χ1n) is 9.97. The number of hydrogen-bond donors (Lipinski definition) is 0. The predicted octanol–water partition coefficient (Wildman–Crippen LogP) is 2.99. The third-order valence-electron chi connectivity index (χ3n) is 5.02. The van der Waals surface area contributed by atoms with Crippen molar-refractivity contribution < 1.29 is 64.4 Å². The Labute approximate surface area is 207 Å². The zero-order valence-electron chi connectivity index (χ0n) is 17.1. The minimum absolute atomic E-state index is 0. The molecule has 0 aliphatic rings. The number of fused-ring (bicyclic) bond motifs is 1. The van der Waals surface area contributed by atoms with Crippen molar-refractivity contribution in [3.8, 4) is 0 Å². The van der Waals surface area contributed by atoms with Crippen molar-refractivity contribution in [3.63, 3.8) is 0 Å². The molecule has 144 valence electrons. The van der Waals surface area contributed by atoms with Crippen LogP contribution < -0.4 is 51.4 Å². The van der Waals surface area contributed by atoms with Gasteiger partial charge >= 0.3 is 51.4 Å². The van der Waals surface area contributed by atoms with Crippen LogP contribution in [-0.2, 0) is 23.0 Å². The molecular formula is C22H31KO3S. The molecule has 0 unspecified atom stereocenters. The van der Waals surface area contributed by atoms with E-state index in [4.69, 9.17) is 0 Å². The second-order valence-electron chi connectivity index (χ2n) is 7.17. The van der Waals surface area contributed by atoms with Crippen molar-refractivity contribution in [2.24, 2.45) is 0 Å². The van der Waals surface area contributed by atoms with E-state index in [-0.39, 0.29) is 56.3 Å². The summed E-state index contributed by atoms with van der Waals surface area (Å²) in [5.41, 5.74) is 1.98. The van der Waals surface area contributed by atoms with Crippen LogP contribution in [-0.4, -0.2) is 13.0 Å². The van der Waals surface area contributed by atoms with E-state index in [9.17, 15) is 13.0 Å². The minimum Gasteiger partial charge on any atom is -0.744 e. The van der Waals surface area contributed by atoms with E-state index in [1.807, 2.05) is 6.07 Å². The molecule has 0 atom stereocenters. The summed E-state index contributed by atoms with van der Waals surface area (Å²) in [7, 11) is -4.45. The van der Waals surface area contributed by atoms with Crippen LogP contribution in [0.2, 0.25) is 0 Å². The number of benzene rings is 2. The maximum Gasteiger partial charge on any atom is 1.00 e. The van der Waals surface area contributed by atoms with Crippen LogP contribution in [0.3, 0.4) is 0 Å². The van der Waals surface area contributed by atoms with Crippen LogP contribution in [0.4, 0.5) is 0 Å². The molecule has 0 aromatic heterocycles. The number of unbranched alkanes of at least 4 members (excludes halogenated alkanes) is 6. The van der Waals surface area contributed by atoms with Gasteiger partial charge < -0.3 is 4.55 Å². The van der Waals surface area contributed by atoms with Gasteiger partial charge in [-0.05, 0) is 53.6 Å². The zero-order valence-corrected chi connectivity index (χ0v) is 21.0. The Kier molecular flexibility index (Phi) is 11.9. The summed E-state index contributed by atoms with van der Waals surface area (Å²) in [5.74, 6) is 0. The molecule has 0 spiro atoms. The first-order chi connectivity index (χ1) is 12.5. The molecule has 5 heteroatoms. The van der Waals surface area contributed by atoms with Crippen LogP contribution >= 0.6 is 0 Å². The Morgan fingerprint density at radius 1 is 0.815 bits per heavy atom. The van der Waals surface area contributed by atoms with Gasteiger partial charge in [-0.2, -0.15) is 0 Å². The van der Waals surface area contributed by atoms with Gasteiger partial charge in [0, 0.05) is 0 Å². The SMILES string of the molecule is CCCCCCc1ccc2c(CCCCCC)c(S(=O)(=O)[O-])ccc2c1.[K+]. The van der Waals surface area contributed by atoms with Crippen molar-refractivity contribution >= 4 is 20.9 Å². The van der Waals surface area contributed by atoms with Crippen LogP contribution in [0.15, 0.2) is 35.2 Å². The van der Waals surface area contributed by atoms with Crippen molar-refractivity contribution in [1.82, 2.24) is 0 Å². The molecule has 27 heavy (non-hydrogen) atoms. The van der Waals surface area contributed by atoms with Crippen LogP contribution in [0.5, 0.6) is 0 Å². The second-order valence-corrected chi connectivity index (χ2v) is 8.52. The third kappa shape index (κ3) is 7.88. The average molecular weight is 415 g/mol. The summed E-state index contributed by atoms with van der Waals surface area (Å²) in [5, 5.41) is 1.95. The second kappa shape index (κ2) is 12.7. The van der Waals surface area contributed by atoms with Gasteiger partial charge in [0.05, 0.1) is 4.90 Å². The molecule has 0 aliphatic heterocycles. The molecule has 0 aliphatic carbocycles. The smallest absolute Gasteiger partial charge is 0.744 e. The van der Waals surface area contributed by atoms with Crippen LogP contribution in [0.1, 0.15) is 76.3 Å². The monoisotopic (exact) mass is 414 g/mol. The van der Waals surface area contributed by atoms with Gasteiger partial charge in [-0.3, -0.25) is 0 Å². The summed E-state index contributed by atoms with van der Waals surface area (Å²) < 4.78 is 35.1. The Bertz CT molecular complexity index is 816. The molecule has 0 N–H and O–H groups in total. The van der Waals surface area contributed by atoms with Crippen LogP contribution in [0, 0.1) is 0 Å². The quantitative estimate of drug-likeness (QED) is 0.323. The van der Waals surface area contributed by atoms with E-state index < -0.39 is 10.1 Å². The molecule has 0 saturated carbocycles. The Morgan fingerprint density at radius 2 is 1.44 bits per heavy atom. The Balaban J connectivity index is 0.00000364. The number of aryl methyl sites for hydroxylation is 2. The fraction of sp³-hybridized carbons (Fsp3) is 0.545. The average Bonchev–Trinajstić information content (AvgIpc) is 2.61.